The molecule has 8 heteroatoms. The Kier molecular flexibility index (Phi) is 6.44. The van der Waals surface area contributed by atoms with Gasteiger partial charge in [0.2, 0.25) is 0 Å². The number of carbonyl (C=O) groups excluding carboxylic acids is 4. The summed E-state index contributed by atoms with van der Waals surface area (Å²) in [5.74, 6) is -1.04. The molecule has 3 aliphatic carbocycles. The van der Waals surface area contributed by atoms with Crippen LogP contribution in [0.15, 0.2) is 18.2 Å². The zero-order valence-corrected chi connectivity index (χ0v) is 20.3. The lowest BCUT2D eigenvalue weighted by Gasteiger charge is -2.50. The molecule has 184 valence electrons. The van der Waals surface area contributed by atoms with Crippen molar-refractivity contribution >= 4 is 23.9 Å². The number of benzene rings is 1. The minimum atomic E-state index is -0.855. The third kappa shape index (κ3) is 4.30. The third-order valence-electron chi connectivity index (χ3n) is 7.78. The standard InChI is InChI=1S/C26H32O8/c1-13(27)31-18-7-9-19-17(12-18)6-8-21-20(19)10-11-26(5)22(21)23(32-14(2)28)24(33-15(3)29)25(26)34-16(4)30/h7,9,12,20-25H,6,8,10-11H2,1-5H3/t20-,21+,22-,23+,24-,25-,26-/m0/s1. The van der Waals surface area contributed by atoms with Crippen LogP contribution in [0.3, 0.4) is 0 Å². The summed E-state index contributed by atoms with van der Waals surface area (Å²) < 4.78 is 22.5. The average molecular weight is 473 g/mol. The molecule has 0 spiro atoms. The molecule has 1 aromatic rings. The van der Waals surface area contributed by atoms with Gasteiger partial charge < -0.3 is 18.9 Å². The normalized spacial score (nSPS) is 33.6. The van der Waals surface area contributed by atoms with E-state index >= 15 is 0 Å². The van der Waals surface area contributed by atoms with Crippen LogP contribution >= 0.6 is 0 Å². The van der Waals surface area contributed by atoms with E-state index in [1.54, 1.807) is 0 Å². The molecule has 2 fully saturated rings. The first-order valence-electron chi connectivity index (χ1n) is 11.8. The number of aryl methyl sites for hydroxylation is 1. The highest BCUT2D eigenvalue weighted by Gasteiger charge is 2.67. The van der Waals surface area contributed by atoms with Gasteiger partial charge in [0.15, 0.2) is 6.10 Å². The fraction of sp³-hybridized carbons (Fsp3) is 0.615. The highest BCUT2D eigenvalue weighted by atomic mass is 16.6. The van der Waals surface area contributed by atoms with Crippen molar-refractivity contribution in [3.8, 4) is 5.75 Å². The molecule has 0 amide bonds. The largest absolute Gasteiger partial charge is 0.458 e. The second-order valence-corrected chi connectivity index (χ2v) is 10.0. The van der Waals surface area contributed by atoms with Gasteiger partial charge in [-0.05, 0) is 60.8 Å². The lowest BCUT2D eigenvalue weighted by Crippen LogP contribution is -2.47. The molecule has 34 heavy (non-hydrogen) atoms. The van der Waals surface area contributed by atoms with Gasteiger partial charge in [-0.15, -0.1) is 0 Å². The number of fused-ring (bicyclic) bond motifs is 5. The van der Waals surface area contributed by atoms with Crippen LogP contribution in [0.1, 0.15) is 70.9 Å². The smallest absolute Gasteiger partial charge is 0.308 e. The van der Waals surface area contributed by atoms with E-state index in [4.69, 9.17) is 18.9 Å². The van der Waals surface area contributed by atoms with Crippen LogP contribution in [0, 0.1) is 17.3 Å². The van der Waals surface area contributed by atoms with Crippen LogP contribution < -0.4 is 4.74 Å². The minimum absolute atomic E-state index is 0.147. The van der Waals surface area contributed by atoms with Gasteiger partial charge in [0.05, 0.1) is 0 Å². The number of ether oxygens (including phenoxy) is 4. The van der Waals surface area contributed by atoms with E-state index in [2.05, 4.69) is 6.92 Å². The lowest BCUT2D eigenvalue weighted by atomic mass is 9.55. The van der Waals surface area contributed by atoms with Crippen LogP contribution in [0.5, 0.6) is 5.75 Å². The molecule has 0 aliphatic heterocycles. The number of carbonyl (C=O) groups is 4. The van der Waals surface area contributed by atoms with E-state index in [0.29, 0.717) is 5.75 Å². The maximum atomic E-state index is 12.1. The molecule has 0 saturated heterocycles. The van der Waals surface area contributed by atoms with Crippen LogP contribution in [0.25, 0.3) is 0 Å². The Morgan fingerprint density at radius 3 is 2.12 bits per heavy atom. The van der Waals surface area contributed by atoms with Crippen molar-refractivity contribution in [2.45, 2.75) is 84.5 Å². The molecule has 0 heterocycles. The summed E-state index contributed by atoms with van der Waals surface area (Å²) in [6.07, 6.45) is 0.932. The zero-order chi connectivity index (χ0) is 24.8. The summed E-state index contributed by atoms with van der Waals surface area (Å²) in [6, 6.07) is 5.77. The molecule has 0 N–H and O–H groups in total. The molecule has 0 aromatic heterocycles. The van der Waals surface area contributed by atoms with Crippen molar-refractivity contribution in [1.82, 2.24) is 0 Å². The summed E-state index contributed by atoms with van der Waals surface area (Å²) in [5.41, 5.74) is 1.84. The molecule has 8 nitrogen and oxygen atoms in total. The first-order valence-corrected chi connectivity index (χ1v) is 11.8. The number of rotatable bonds is 4. The van der Waals surface area contributed by atoms with E-state index in [0.717, 1.165) is 31.2 Å². The van der Waals surface area contributed by atoms with Gasteiger partial charge in [0.25, 0.3) is 0 Å². The van der Waals surface area contributed by atoms with Crippen molar-refractivity contribution in [2.24, 2.45) is 17.3 Å². The van der Waals surface area contributed by atoms with Crippen molar-refractivity contribution in [3.05, 3.63) is 29.3 Å². The third-order valence-corrected chi connectivity index (χ3v) is 7.78. The van der Waals surface area contributed by atoms with Gasteiger partial charge in [-0.25, -0.2) is 0 Å². The van der Waals surface area contributed by atoms with Crippen molar-refractivity contribution in [2.75, 3.05) is 0 Å². The Balaban J connectivity index is 1.74. The summed E-state index contributed by atoms with van der Waals surface area (Å²) in [6.45, 7) is 7.42. The highest BCUT2D eigenvalue weighted by molar-refractivity contribution is 5.70. The molecule has 2 saturated carbocycles. The topological polar surface area (TPSA) is 105 Å². The minimum Gasteiger partial charge on any atom is -0.458 e. The Morgan fingerprint density at radius 2 is 1.50 bits per heavy atom. The second-order valence-electron chi connectivity index (χ2n) is 10.0. The van der Waals surface area contributed by atoms with Gasteiger partial charge in [-0.3, -0.25) is 19.2 Å². The van der Waals surface area contributed by atoms with Crippen molar-refractivity contribution in [1.29, 1.82) is 0 Å². The molecule has 0 bridgehead atoms. The Bertz CT molecular complexity index is 1020. The monoisotopic (exact) mass is 472 g/mol. The zero-order valence-electron chi connectivity index (χ0n) is 20.3. The quantitative estimate of drug-likeness (QED) is 0.373. The first-order chi connectivity index (χ1) is 16.0. The Morgan fingerprint density at radius 1 is 0.853 bits per heavy atom. The molecule has 4 rings (SSSR count). The predicted octanol–water partition coefficient (Wildman–Crippen LogP) is 3.48. The fourth-order valence-corrected chi connectivity index (χ4v) is 6.80. The number of esters is 4. The fourth-order valence-electron chi connectivity index (χ4n) is 6.80. The van der Waals surface area contributed by atoms with Gasteiger partial charge in [-0.1, -0.05) is 13.0 Å². The van der Waals surface area contributed by atoms with Gasteiger partial charge in [0.1, 0.15) is 18.0 Å². The van der Waals surface area contributed by atoms with E-state index in [-0.39, 0.29) is 23.7 Å². The molecule has 7 atom stereocenters. The molecular weight excluding hydrogens is 440 g/mol. The molecule has 0 radical (unpaired) electrons. The molecular formula is C26H32O8. The molecule has 3 aliphatic rings. The summed E-state index contributed by atoms with van der Waals surface area (Å²) >= 11 is 0. The van der Waals surface area contributed by atoms with Crippen molar-refractivity contribution < 1.29 is 38.1 Å². The Hall–Kier alpha value is -2.90. The number of hydrogen-bond acceptors (Lipinski definition) is 8. The second kappa shape index (κ2) is 9.04. The highest BCUT2D eigenvalue weighted by Crippen LogP contribution is 2.62. The summed E-state index contributed by atoms with van der Waals surface area (Å²) in [4.78, 5) is 47.5. The number of hydrogen-bond donors (Lipinski definition) is 0. The Labute approximate surface area is 199 Å². The average Bonchev–Trinajstić information content (AvgIpc) is 2.94. The molecule has 1 aromatic carbocycles. The van der Waals surface area contributed by atoms with E-state index < -0.39 is 41.6 Å². The predicted molar refractivity (Wildman–Crippen MR) is 120 cm³/mol. The van der Waals surface area contributed by atoms with E-state index in [1.165, 1.54) is 33.3 Å². The van der Waals surface area contributed by atoms with Gasteiger partial charge in [-0.2, -0.15) is 0 Å². The van der Waals surface area contributed by atoms with E-state index in [1.807, 2.05) is 18.2 Å². The summed E-state index contributed by atoms with van der Waals surface area (Å²) in [7, 11) is 0. The lowest BCUT2D eigenvalue weighted by molar-refractivity contribution is -0.178. The first kappa shape index (κ1) is 24.2. The SMILES string of the molecule is CC(=O)Oc1ccc2c(c1)CC[C@H]1[C@H]3[C@@H](OC(C)=O)[C@H](OC(C)=O)[C@H](OC(C)=O)[C@@]3(C)CC[C@@H]21. The van der Waals surface area contributed by atoms with Crippen LogP contribution in [-0.4, -0.2) is 42.2 Å². The van der Waals surface area contributed by atoms with Crippen LogP contribution in [0.4, 0.5) is 0 Å². The van der Waals surface area contributed by atoms with Gasteiger partial charge >= 0.3 is 23.9 Å². The van der Waals surface area contributed by atoms with Crippen LogP contribution in [-0.2, 0) is 39.8 Å². The van der Waals surface area contributed by atoms with Gasteiger partial charge in [0, 0.05) is 39.0 Å². The van der Waals surface area contributed by atoms with E-state index in [9.17, 15) is 19.2 Å². The maximum Gasteiger partial charge on any atom is 0.308 e. The summed E-state index contributed by atoms with van der Waals surface area (Å²) in [5, 5.41) is 0. The van der Waals surface area contributed by atoms with Crippen molar-refractivity contribution in [3.63, 3.8) is 0 Å². The maximum absolute atomic E-state index is 12.1. The van der Waals surface area contributed by atoms with Crippen LogP contribution in [0.2, 0.25) is 0 Å². The molecule has 0 unspecified atom stereocenters.